The lowest BCUT2D eigenvalue weighted by atomic mass is 10.2. The lowest BCUT2D eigenvalue weighted by Gasteiger charge is -2.11. The van der Waals surface area contributed by atoms with Gasteiger partial charge >= 0.3 is 0 Å². The Morgan fingerprint density at radius 2 is 2.38 bits per heavy atom. The van der Waals surface area contributed by atoms with Crippen molar-refractivity contribution in [2.75, 3.05) is 13.2 Å². The summed E-state index contributed by atoms with van der Waals surface area (Å²) in [5.41, 5.74) is 0.530. The van der Waals surface area contributed by atoms with Crippen molar-refractivity contribution in [3.63, 3.8) is 0 Å². The molecule has 0 spiro atoms. The molecule has 16 heavy (non-hydrogen) atoms. The average Bonchev–Trinajstić information content (AvgIpc) is 2.75. The fourth-order valence-corrected chi connectivity index (χ4v) is 2.09. The molecule has 1 saturated heterocycles. The minimum Gasteiger partial charge on any atom is -0.377 e. The summed E-state index contributed by atoms with van der Waals surface area (Å²) in [6.07, 6.45) is 2.47. The van der Waals surface area contributed by atoms with Crippen LogP contribution >= 0.6 is 11.6 Å². The molecular formula is C12H15ClFNO. The fraction of sp³-hybridized carbons (Fsp3) is 0.500. The Morgan fingerprint density at radius 3 is 3.06 bits per heavy atom. The van der Waals surface area contributed by atoms with Crippen LogP contribution < -0.4 is 5.32 Å². The van der Waals surface area contributed by atoms with Gasteiger partial charge in [0.1, 0.15) is 5.82 Å². The van der Waals surface area contributed by atoms with Gasteiger partial charge in [-0.3, -0.25) is 0 Å². The molecule has 1 heterocycles. The van der Waals surface area contributed by atoms with Crippen molar-refractivity contribution in [2.45, 2.75) is 25.5 Å². The molecule has 1 N–H and O–H groups in total. The van der Waals surface area contributed by atoms with Crippen LogP contribution in [-0.4, -0.2) is 19.3 Å². The third kappa shape index (κ3) is 2.94. The van der Waals surface area contributed by atoms with Gasteiger partial charge in [0.25, 0.3) is 0 Å². The molecule has 1 atom stereocenters. The maximum absolute atomic E-state index is 13.4. The lowest BCUT2D eigenvalue weighted by Crippen LogP contribution is -2.26. The third-order valence-corrected chi connectivity index (χ3v) is 3.11. The summed E-state index contributed by atoms with van der Waals surface area (Å²) in [4.78, 5) is 0. The molecule has 1 aromatic carbocycles. The van der Waals surface area contributed by atoms with Crippen LogP contribution in [0.2, 0.25) is 5.02 Å². The lowest BCUT2D eigenvalue weighted by molar-refractivity contribution is 0.110. The molecule has 0 unspecified atom stereocenters. The monoisotopic (exact) mass is 243 g/mol. The van der Waals surface area contributed by atoms with Crippen LogP contribution in [0.3, 0.4) is 0 Å². The molecule has 0 aromatic heterocycles. The molecule has 1 aromatic rings. The summed E-state index contributed by atoms with van der Waals surface area (Å²) in [5, 5.41) is 3.65. The van der Waals surface area contributed by atoms with E-state index >= 15 is 0 Å². The van der Waals surface area contributed by atoms with E-state index in [9.17, 15) is 4.39 Å². The predicted octanol–water partition coefficient (Wildman–Crippen LogP) is 2.75. The third-order valence-electron chi connectivity index (χ3n) is 2.76. The van der Waals surface area contributed by atoms with Gasteiger partial charge in [0.05, 0.1) is 6.10 Å². The molecule has 0 radical (unpaired) electrons. The second-order valence-corrected chi connectivity index (χ2v) is 4.37. The molecular weight excluding hydrogens is 229 g/mol. The minimum atomic E-state index is -0.257. The first-order chi connectivity index (χ1) is 7.77. The number of hydrogen-bond acceptors (Lipinski definition) is 2. The van der Waals surface area contributed by atoms with Crippen molar-refractivity contribution in [1.29, 1.82) is 0 Å². The van der Waals surface area contributed by atoms with Crippen LogP contribution in [-0.2, 0) is 11.3 Å². The number of rotatable bonds is 4. The number of benzene rings is 1. The molecule has 0 bridgehead atoms. The van der Waals surface area contributed by atoms with Crippen molar-refractivity contribution in [2.24, 2.45) is 0 Å². The zero-order valence-corrected chi connectivity index (χ0v) is 9.77. The molecule has 0 aliphatic carbocycles. The van der Waals surface area contributed by atoms with Gasteiger partial charge in [0, 0.05) is 30.3 Å². The van der Waals surface area contributed by atoms with Gasteiger partial charge in [-0.15, -0.1) is 0 Å². The summed E-state index contributed by atoms with van der Waals surface area (Å²) in [6, 6.07) is 4.74. The fourth-order valence-electron chi connectivity index (χ4n) is 1.86. The van der Waals surface area contributed by atoms with Crippen LogP contribution in [0, 0.1) is 5.82 Å². The van der Waals surface area contributed by atoms with Gasteiger partial charge < -0.3 is 10.1 Å². The van der Waals surface area contributed by atoms with E-state index < -0.39 is 0 Å². The van der Waals surface area contributed by atoms with Gasteiger partial charge in [0.15, 0.2) is 0 Å². The summed E-state index contributed by atoms with van der Waals surface area (Å²) in [7, 11) is 0. The molecule has 0 saturated carbocycles. The topological polar surface area (TPSA) is 21.3 Å². The maximum atomic E-state index is 13.4. The summed E-state index contributed by atoms with van der Waals surface area (Å²) >= 11 is 5.91. The SMILES string of the molecule is Fc1cccc(Cl)c1CNC[C@@H]1CCCO1. The van der Waals surface area contributed by atoms with Gasteiger partial charge in [-0.2, -0.15) is 0 Å². The number of hydrogen-bond donors (Lipinski definition) is 1. The number of nitrogens with one attached hydrogen (secondary N) is 1. The molecule has 1 aliphatic rings. The van der Waals surface area contributed by atoms with E-state index in [1.165, 1.54) is 6.07 Å². The van der Waals surface area contributed by atoms with Gasteiger partial charge in [-0.25, -0.2) is 4.39 Å². The Hall–Kier alpha value is -0.640. The van der Waals surface area contributed by atoms with Gasteiger partial charge in [0.2, 0.25) is 0 Å². The van der Waals surface area contributed by atoms with E-state index in [4.69, 9.17) is 16.3 Å². The first kappa shape index (κ1) is 11.8. The van der Waals surface area contributed by atoms with Crippen molar-refractivity contribution < 1.29 is 9.13 Å². The highest BCUT2D eigenvalue weighted by Crippen LogP contribution is 2.18. The quantitative estimate of drug-likeness (QED) is 0.878. The Bertz CT molecular complexity index is 333. The standard InChI is InChI=1S/C12H15ClFNO/c13-11-4-1-5-12(14)10(11)8-15-7-9-3-2-6-16-9/h1,4-5,9,15H,2-3,6-8H2/t9-/m0/s1. The smallest absolute Gasteiger partial charge is 0.129 e. The van der Waals surface area contributed by atoms with Crippen molar-refractivity contribution in [3.05, 3.63) is 34.6 Å². The van der Waals surface area contributed by atoms with E-state index in [1.807, 2.05) is 0 Å². The molecule has 2 rings (SSSR count). The summed E-state index contributed by atoms with van der Waals surface area (Å²) in [5.74, 6) is -0.257. The highest BCUT2D eigenvalue weighted by molar-refractivity contribution is 6.31. The second-order valence-electron chi connectivity index (χ2n) is 3.97. The molecule has 1 aliphatic heterocycles. The highest BCUT2D eigenvalue weighted by atomic mass is 35.5. The molecule has 0 amide bonds. The Balaban J connectivity index is 1.84. The summed E-state index contributed by atoms with van der Waals surface area (Å²) in [6.45, 7) is 2.04. The molecule has 1 fully saturated rings. The molecule has 88 valence electrons. The van der Waals surface area contributed by atoms with Crippen molar-refractivity contribution in [3.8, 4) is 0 Å². The van der Waals surface area contributed by atoms with Crippen molar-refractivity contribution in [1.82, 2.24) is 5.32 Å². The first-order valence-electron chi connectivity index (χ1n) is 5.52. The average molecular weight is 244 g/mol. The largest absolute Gasteiger partial charge is 0.377 e. The number of ether oxygens (including phenoxy) is 1. The first-order valence-corrected chi connectivity index (χ1v) is 5.90. The van der Waals surface area contributed by atoms with Crippen LogP contribution in [0.4, 0.5) is 4.39 Å². The highest BCUT2D eigenvalue weighted by Gasteiger charge is 2.15. The zero-order chi connectivity index (χ0) is 11.4. The molecule has 4 heteroatoms. The van der Waals surface area contributed by atoms with Gasteiger partial charge in [-0.05, 0) is 25.0 Å². The Labute approximate surface area is 99.7 Å². The van der Waals surface area contributed by atoms with Crippen LogP contribution in [0.5, 0.6) is 0 Å². The molecule has 2 nitrogen and oxygen atoms in total. The Kier molecular flexibility index (Phi) is 4.16. The predicted molar refractivity (Wildman–Crippen MR) is 62.1 cm³/mol. The maximum Gasteiger partial charge on any atom is 0.129 e. The van der Waals surface area contributed by atoms with Crippen LogP contribution in [0.25, 0.3) is 0 Å². The van der Waals surface area contributed by atoms with Crippen LogP contribution in [0.15, 0.2) is 18.2 Å². The Morgan fingerprint density at radius 1 is 1.50 bits per heavy atom. The summed E-state index contributed by atoms with van der Waals surface area (Å²) < 4.78 is 18.9. The van der Waals surface area contributed by atoms with E-state index in [-0.39, 0.29) is 11.9 Å². The van der Waals surface area contributed by atoms with Gasteiger partial charge in [-0.1, -0.05) is 17.7 Å². The normalized spacial score (nSPS) is 20.2. The zero-order valence-electron chi connectivity index (χ0n) is 9.01. The van der Waals surface area contributed by atoms with E-state index in [1.54, 1.807) is 12.1 Å². The van der Waals surface area contributed by atoms with E-state index in [2.05, 4.69) is 5.32 Å². The second kappa shape index (κ2) is 5.62. The number of halogens is 2. The van der Waals surface area contributed by atoms with E-state index in [0.29, 0.717) is 17.1 Å². The van der Waals surface area contributed by atoms with Crippen LogP contribution in [0.1, 0.15) is 18.4 Å². The van der Waals surface area contributed by atoms with Crippen molar-refractivity contribution >= 4 is 11.6 Å². The van der Waals surface area contributed by atoms with E-state index in [0.717, 1.165) is 26.0 Å². The minimum absolute atomic E-state index is 0.257.